The average molecular weight is 339 g/mol. The minimum atomic E-state index is -4.11. The molecule has 0 bridgehead atoms. The van der Waals surface area contributed by atoms with E-state index in [9.17, 15) is 13.2 Å². The monoisotopic (exact) mass is 338 g/mol. The van der Waals surface area contributed by atoms with Gasteiger partial charge in [0.2, 0.25) is 0 Å². The topological polar surface area (TPSA) is 41.0 Å². The third-order valence-electron chi connectivity index (χ3n) is 2.98. The first-order chi connectivity index (χ1) is 8.92. The fourth-order valence-corrected chi connectivity index (χ4v) is 2.46. The van der Waals surface area contributed by atoms with Gasteiger partial charge in [0.15, 0.2) is 0 Å². The molecular weight excluding hydrogens is 325 g/mol. The highest BCUT2D eigenvalue weighted by Crippen LogP contribution is 2.23. The smallest absolute Gasteiger partial charge is 0.370 e. The van der Waals surface area contributed by atoms with Gasteiger partial charge in [-0.3, -0.25) is 4.90 Å². The quantitative estimate of drug-likeness (QED) is 0.856. The van der Waals surface area contributed by atoms with Gasteiger partial charge in [0.25, 0.3) is 0 Å². The van der Waals surface area contributed by atoms with Crippen molar-refractivity contribution in [1.82, 2.24) is 14.9 Å². The fourth-order valence-electron chi connectivity index (χ4n) is 2.16. The highest BCUT2D eigenvalue weighted by atomic mass is 79.9. The van der Waals surface area contributed by atoms with Crippen LogP contribution in [0.1, 0.15) is 6.42 Å². The number of nitrogens with one attached hydrogen (secondary N) is 1. The van der Waals surface area contributed by atoms with Crippen LogP contribution >= 0.6 is 15.9 Å². The van der Waals surface area contributed by atoms with Gasteiger partial charge in [0.1, 0.15) is 16.7 Å². The molecule has 1 aliphatic heterocycles. The molecule has 1 aliphatic rings. The average Bonchev–Trinajstić information content (AvgIpc) is 2.72. The van der Waals surface area contributed by atoms with E-state index in [1.54, 1.807) is 6.07 Å². The summed E-state index contributed by atoms with van der Waals surface area (Å²) in [5.74, 6) is 0.896. The van der Waals surface area contributed by atoms with Gasteiger partial charge < -0.3 is 5.32 Å². The second kappa shape index (κ2) is 6.04. The molecule has 1 aromatic rings. The SMILES string of the molecule is FC(F)(F)CN1CCC(CNc2cc(Br)ncn2)C1. The Morgan fingerprint density at radius 1 is 1.42 bits per heavy atom. The number of alkyl halides is 3. The van der Waals surface area contributed by atoms with Crippen molar-refractivity contribution in [2.75, 3.05) is 31.5 Å². The lowest BCUT2D eigenvalue weighted by molar-refractivity contribution is -0.143. The summed E-state index contributed by atoms with van der Waals surface area (Å²) >= 11 is 3.23. The zero-order valence-corrected chi connectivity index (χ0v) is 11.7. The molecule has 1 unspecified atom stereocenters. The Balaban J connectivity index is 1.76. The predicted molar refractivity (Wildman–Crippen MR) is 68.8 cm³/mol. The van der Waals surface area contributed by atoms with Gasteiger partial charge in [-0.2, -0.15) is 13.2 Å². The Morgan fingerprint density at radius 2 is 2.21 bits per heavy atom. The van der Waals surface area contributed by atoms with Gasteiger partial charge >= 0.3 is 6.18 Å². The van der Waals surface area contributed by atoms with E-state index in [1.165, 1.54) is 11.2 Å². The molecule has 0 aliphatic carbocycles. The molecular formula is C11H14BrF3N4. The van der Waals surface area contributed by atoms with Crippen molar-refractivity contribution >= 4 is 21.7 Å². The lowest BCUT2D eigenvalue weighted by Gasteiger charge is -2.18. The van der Waals surface area contributed by atoms with Crippen molar-refractivity contribution < 1.29 is 13.2 Å². The number of hydrogen-bond acceptors (Lipinski definition) is 4. The van der Waals surface area contributed by atoms with Crippen LogP contribution in [0.4, 0.5) is 19.0 Å². The van der Waals surface area contributed by atoms with Gasteiger partial charge in [0, 0.05) is 19.2 Å². The Labute approximate surface area is 117 Å². The Hall–Kier alpha value is -0.890. The number of anilines is 1. The summed E-state index contributed by atoms with van der Waals surface area (Å²) in [6.45, 7) is 0.776. The summed E-state index contributed by atoms with van der Waals surface area (Å²) in [7, 11) is 0. The van der Waals surface area contributed by atoms with Crippen molar-refractivity contribution in [1.29, 1.82) is 0 Å². The highest BCUT2D eigenvalue weighted by Gasteiger charge is 2.34. The molecule has 0 radical (unpaired) electrons. The van der Waals surface area contributed by atoms with Gasteiger partial charge in [-0.15, -0.1) is 0 Å². The molecule has 4 nitrogen and oxygen atoms in total. The van der Waals surface area contributed by atoms with Crippen LogP contribution in [0, 0.1) is 5.92 Å². The maximum atomic E-state index is 12.3. The number of rotatable bonds is 4. The van der Waals surface area contributed by atoms with Crippen molar-refractivity contribution in [3.8, 4) is 0 Å². The zero-order chi connectivity index (χ0) is 13.9. The third kappa shape index (κ3) is 4.94. The van der Waals surface area contributed by atoms with Crippen LogP contribution in [0.15, 0.2) is 17.0 Å². The van der Waals surface area contributed by atoms with Crippen LogP contribution in [0.5, 0.6) is 0 Å². The van der Waals surface area contributed by atoms with Crippen LogP contribution in [0.2, 0.25) is 0 Å². The van der Waals surface area contributed by atoms with E-state index < -0.39 is 12.7 Å². The molecule has 1 atom stereocenters. The summed E-state index contributed by atoms with van der Waals surface area (Å²) in [4.78, 5) is 9.38. The van der Waals surface area contributed by atoms with E-state index in [2.05, 4.69) is 31.2 Å². The van der Waals surface area contributed by atoms with Gasteiger partial charge in [-0.25, -0.2) is 9.97 Å². The van der Waals surface area contributed by atoms with E-state index in [0.717, 1.165) is 6.42 Å². The number of halogens is 4. The Bertz CT molecular complexity index is 427. The van der Waals surface area contributed by atoms with Crippen molar-refractivity contribution in [2.45, 2.75) is 12.6 Å². The van der Waals surface area contributed by atoms with E-state index in [4.69, 9.17) is 0 Å². The number of hydrogen-bond donors (Lipinski definition) is 1. The Kier molecular flexibility index (Phi) is 4.62. The van der Waals surface area contributed by atoms with Crippen LogP contribution in [0.3, 0.4) is 0 Å². The molecule has 19 heavy (non-hydrogen) atoms. The summed E-state index contributed by atoms with van der Waals surface area (Å²) in [5, 5.41) is 3.12. The molecule has 1 saturated heterocycles. The maximum absolute atomic E-state index is 12.3. The largest absolute Gasteiger partial charge is 0.401 e. The standard InChI is InChI=1S/C11H14BrF3N4/c12-9-3-10(18-7-17-9)16-4-8-1-2-19(5-8)6-11(13,14)15/h3,7-8H,1-2,4-6H2,(H,16,17,18). The molecule has 0 spiro atoms. The molecule has 0 aromatic carbocycles. The number of likely N-dealkylation sites (tertiary alicyclic amines) is 1. The summed E-state index contributed by atoms with van der Waals surface area (Å²) in [6, 6.07) is 1.74. The van der Waals surface area contributed by atoms with E-state index in [1.807, 2.05) is 0 Å². The van der Waals surface area contributed by atoms with Gasteiger partial charge in [0.05, 0.1) is 6.54 Å². The van der Waals surface area contributed by atoms with Crippen LogP contribution in [-0.2, 0) is 0 Å². The first-order valence-corrected chi connectivity index (χ1v) is 6.72. The second-order valence-electron chi connectivity index (χ2n) is 4.61. The van der Waals surface area contributed by atoms with E-state index in [-0.39, 0.29) is 5.92 Å². The maximum Gasteiger partial charge on any atom is 0.401 e. The van der Waals surface area contributed by atoms with Crippen LogP contribution < -0.4 is 5.32 Å². The lowest BCUT2D eigenvalue weighted by Crippen LogP contribution is -2.33. The summed E-state index contributed by atoms with van der Waals surface area (Å²) < 4.78 is 37.4. The highest BCUT2D eigenvalue weighted by molar-refractivity contribution is 9.10. The molecule has 1 aromatic heterocycles. The van der Waals surface area contributed by atoms with E-state index in [0.29, 0.717) is 30.1 Å². The molecule has 8 heteroatoms. The first kappa shape index (κ1) is 14.5. The molecule has 0 amide bonds. The van der Waals surface area contributed by atoms with Crippen LogP contribution in [0.25, 0.3) is 0 Å². The predicted octanol–water partition coefficient (Wildman–Crippen LogP) is 2.54. The van der Waals surface area contributed by atoms with Crippen molar-refractivity contribution in [3.05, 3.63) is 17.0 Å². The molecule has 2 heterocycles. The normalized spacial score (nSPS) is 20.7. The Morgan fingerprint density at radius 3 is 2.89 bits per heavy atom. The third-order valence-corrected chi connectivity index (χ3v) is 3.41. The minimum absolute atomic E-state index is 0.219. The second-order valence-corrected chi connectivity index (χ2v) is 5.42. The fraction of sp³-hybridized carbons (Fsp3) is 0.636. The van der Waals surface area contributed by atoms with Gasteiger partial charge in [-0.1, -0.05) is 0 Å². The molecule has 106 valence electrons. The first-order valence-electron chi connectivity index (χ1n) is 5.93. The van der Waals surface area contributed by atoms with Crippen molar-refractivity contribution in [3.63, 3.8) is 0 Å². The lowest BCUT2D eigenvalue weighted by atomic mass is 10.1. The van der Waals surface area contributed by atoms with Crippen LogP contribution in [-0.4, -0.2) is 47.2 Å². The summed E-state index contributed by atoms with van der Waals surface area (Å²) in [5.41, 5.74) is 0. The van der Waals surface area contributed by atoms with E-state index >= 15 is 0 Å². The van der Waals surface area contributed by atoms with Gasteiger partial charge in [-0.05, 0) is 34.8 Å². The molecule has 1 fully saturated rings. The number of aromatic nitrogens is 2. The molecule has 2 rings (SSSR count). The zero-order valence-electron chi connectivity index (χ0n) is 10.1. The molecule has 1 N–H and O–H groups in total. The molecule has 0 saturated carbocycles. The van der Waals surface area contributed by atoms with Crippen molar-refractivity contribution in [2.24, 2.45) is 5.92 Å². The minimum Gasteiger partial charge on any atom is -0.370 e. The number of nitrogens with zero attached hydrogens (tertiary/aromatic N) is 3. The summed E-state index contributed by atoms with van der Waals surface area (Å²) in [6.07, 6.45) is -1.91.